The van der Waals surface area contributed by atoms with Crippen LogP contribution >= 0.6 is 11.6 Å². The molecule has 62 valence electrons. The smallest absolute Gasteiger partial charge is 0.0492 e. The Morgan fingerprint density at radius 2 is 2.45 bits per heavy atom. The minimum Gasteiger partial charge on any atom is -0.273 e. The number of aryl methyl sites for hydroxylation is 1. The molecule has 1 atom stereocenters. The van der Waals surface area contributed by atoms with Crippen molar-refractivity contribution in [3.05, 3.63) is 18.0 Å². The van der Waals surface area contributed by atoms with Gasteiger partial charge in [-0.2, -0.15) is 5.10 Å². The quantitative estimate of drug-likeness (QED) is 0.637. The van der Waals surface area contributed by atoms with E-state index in [0.29, 0.717) is 11.8 Å². The van der Waals surface area contributed by atoms with E-state index in [0.717, 1.165) is 6.42 Å². The lowest BCUT2D eigenvalue weighted by atomic mass is 10.1. The van der Waals surface area contributed by atoms with Crippen molar-refractivity contribution in [3.8, 4) is 0 Å². The molecule has 1 unspecified atom stereocenters. The number of aromatic nitrogens is 2. The lowest BCUT2D eigenvalue weighted by Crippen LogP contribution is -2.05. The second kappa shape index (κ2) is 3.77. The predicted molar refractivity (Wildman–Crippen MR) is 46.8 cm³/mol. The van der Waals surface area contributed by atoms with E-state index in [4.69, 9.17) is 11.6 Å². The molecule has 0 fully saturated rings. The monoisotopic (exact) mass is 172 g/mol. The maximum atomic E-state index is 5.69. The molecule has 1 aromatic heterocycles. The van der Waals surface area contributed by atoms with Gasteiger partial charge in [-0.15, -0.1) is 11.6 Å². The van der Waals surface area contributed by atoms with Crippen molar-refractivity contribution in [2.45, 2.75) is 13.3 Å². The van der Waals surface area contributed by atoms with Crippen LogP contribution < -0.4 is 0 Å². The van der Waals surface area contributed by atoms with Gasteiger partial charge in [-0.3, -0.25) is 4.68 Å². The van der Waals surface area contributed by atoms with Crippen molar-refractivity contribution in [1.29, 1.82) is 0 Å². The van der Waals surface area contributed by atoms with E-state index >= 15 is 0 Å². The van der Waals surface area contributed by atoms with Gasteiger partial charge in [0.1, 0.15) is 0 Å². The molecule has 1 aromatic rings. The van der Waals surface area contributed by atoms with Crippen molar-refractivity contribution in [1.82, 2.24) is 9.78 Å². The average molecular weight is 173 g/mol. The Labute approximate surface area is 72.2 Å². The summed E-state index contributed by atoms with van der Waals surface area (Å²) in [6, 6.07) is 2.03. The van der Waals surface area contributed by atoms with Crippen molar-refractivity contribution in [3.63, 3.8) is 0 Å². The summed E-state index contributed by atoms with van der Waals surface area (Å²) in [4.78, 5) is 0. The molecule has 0 amide bonds. The molecule has 0 aliphatic heterocycles. The van der Waals surface area contributed by atoms with Gasteiger partial charge in [0, 0.05) is 24.8 Å². The number of rotatable bonds is 3. The van der Waals surface area contributed by atoms with E-state index in [1.165, 1.54) is 5.69 Å². The Morgan fingerprint density at radius 3 is 2.91 bits per heavy atom. The van der Waals surface area contributed by atoms with Gasteiger partial charge in [0.15, 0.2) is 0 Å². The third kappa shape index (κ3) is 2.22. The zero-order chi connectivity index (χ0) is 8.27. The molecule has 11 heavy (non-hydrogen) atoms. The summed E-state index contributed by atoms with van der Waals surface area (Å²) >= 11 is 5.69. The molecule has 1 heterocycles. The van der Waals surface area contributed by atoms with Gasteiger partial charge in [-0.1, -0.05) is 6.92 Å². The van der Waals surface area contributed by atoms with E-state index in [9.17, 15) is 0 Å². The van der Waals surface area contributed by atoms with Crippen LogP contribution in [0.25, 0.3) is 0 Å². The van der Waals surface area contributed by atoms with Crippen molar-refractivity contribution >= 4 is 11.6 Å². The molecule has 0 aliphatic rings. The van der Waals surface area contributed by atoms with Gasteiger partial charge < -0.3 is 0 Å². The second-order valence-corrected chi connectivity index (χ2v) is 3.22. The van der Waals surface area contributed by atoms with Gasteiger partial charge in [0.25, 0.3) is 0 Å². The summed E-state index contributed by atoms with van der Waals surface area (Å²) < 4.78 is 1.89. The number of alkyl halides is 1. The molecule has 2 nitrogen and oxygen atoms in total. The minimum absolute atomic E-state index is 0.534. The van der Waals surface area contributed by atoms with Gasteiger partial charge >= 0.3 is 0 Å². The zero-order valence-electron chi connectivity index (χ0n) is 6.92. The molecule has 0 aromatic carbocycles. The molecule has 0 saturated heterocycles. The standard InChI is InChI=1S/C8H13ClN2/c1-7(6-9)5-8-3-4-10-11(8)2/h3-4,7H,5-6H2,1-2H3. The van der Waals surface area contributed by atoms with Crippen molar-refractivity contribution in [2.24, 2.45) is 13.0 Å². The van der Waals surface area contributed by atoms with E-state index in [1.54, 1.807) is 0 Å². The average Bonchev–Trinajstić information content (AvgIpc) is 2.37. The summed E-state index contributed by atoms with van der Waals surface area (Å²) in [6.07, 6.45) is 2.83. The van der Waals surface area contributed by atoms with Crippen LogP contribution in [0.2, 0.25) is 0 Å². The second-order valence-electron chi connectivity index (χ2n) is 2.91. The van der Waals surface area contributed by atoms with Crippen LogP contribution in [-0.2, 0) is 13.5 Å². The highest BCUT2D eigenvalue weighted by Gasteiger charge is 2.04. The Balaban J connectivity index is 2.56. The SMILES string of the molecule is CC(CCl)Cc1ccnn1C. The van der Waals surface area contributed by atoms with Gasteiger partial charge in [0.2, 0.25) is 0 Å². The Kier molecular flexibility index (Phi) is 2.94. The third-order valence-electron chi connectivity index (χ3n) is 1.74. The lowest BCUT2D eigenvalue weighted by Gasteiger charge is -2.06. The lowest BCUT2D eigenvalue weighted by molar-refractivity contribution is 0.600. The summed E-state index contributed by atoms with van der Waals surface area (Å²) in [5, 5.41) is 4.08. The zero-order valence-corrected chi connectivity index (χ0v) is 7.67. The first-order valence-electron chi connectivity index (χ1n) is 3.77. The van der Waals surface area contributed by atoms with E-state index in [1.807, 2.05) is 24.0 Å². The van der Waals surface area contributed by atoms with Crippen LogP contribution in [0.1, 0.15) is 12.6 Å². The molecule has 0 bridgehead atoms. The maximum Gasteiger partial charge on any atom is 0.0492 e. The van der Waals surface area contributed by atoms with Crippen LogP contribution in [0.15, 0.2) is 12.3 Å². The summed E-state index contributed by atoms with van der Waals surface area (Å²) in [5.74, 6) is 1.25. The molecule has 3 heteroatoms. The summed E-state index contributed by atoms with van der Waals surface area (Å²) in [7, 11) is 1.95. The molecule has 1 rings (SSSR count). The minimum atomic E-state index is 0.534. The highest BCUT2D eigenvalue weighted by molar-refractivity contribution is 6.18. The van der Waals surface area contributed by atoms with Crippen LogP contribution in [0.4, 0.5) is 0 Å². The molecule has 0 spiro atoms. The Bertz CT molecular complexity index is 220. The first-order chi connectivity index (χ1) is 5.24. The fourth-order valence-corrected chi connectivity index (χ4v) is 1.12. The van der Waals surface area contributed by atoms with Gasteiger partial charge in [0.05, 0.1) is 0 Å². The van der Waals surface area contributed by atoms with Crippen LogP contribution in [-0.4, -0.2) is 15.7 Å². The van der Waals surface area contributed by atoms with Crippen LogP contribution in [0, 0.1) is 5.92 Å². The van der Waals surface area contributed by atoms with Crippen LogP contribution in [0.5, 0.6) is 0 Å². The topological polar surface area (TPSA) is 17.8 Å². The molecular weight excluding hydrogens is 160 g/mol. The molecule has 0 aliphatic carbocycles. The molecular formula is C8H13ClN2. The fraction of sp³-hybridized carbons (Fsp3) is 0.625. The highest BCUT2D eigenvalue weighted by Crippen LogP contribution is 2.07. The predicted octanol–water partition coefficient (Wildman–Crippen LogP) is 1.84. The van der Waals surface area contributed by atoms with Crippen LogP contribution in [0.3, 0.4) is 0 Å². The fourth-order valence-electron chi connectivity index (χ4n) is 1.01. The third-order valence-corrected chi connectivity index (χ3v) is 2.27. The van der Waals surface area contributed by atoms with Crippen molar-refractivity contribution in [2.75, 3.05) is 5.88 Å². The van der Waals surface area contributed by atoms with E-state index in [-0.39, 0.29) is 0 Å². The first kappa shape index (κ1) is 8.60. The number of nitrogens with zero attached hydrogens (tertiary/aromatic N) is 2. The van der Waals surface area contributed by atoms with Crippen molar-refractivity contribution < 1.29 is 0 Å². The summed E-state index contributed by atoms with van der Waals surface area (Å²) in [6.45, 7) is 2.14. The normalized spacial score (nSPS) is 13.4. The largest absolute Gasteiger partial charge is 0.273 e. The van der Waals surface area contributed by atoms with E-state index in [2.05, 4.69) is 12.0 Å². The Morgan fingerprint density at radius 1 is 1.73 bits per heavy atom. The van der Waals surface area contributed by atoms with E-state index < -0.39 is 0 Å². The molecule has 0 N–H and O–H groups in total. The van der Waals surface area contributed by atoms with Gasteiger partial charge in [-0.25, -0.2) is 0 Å². The molecule has 0 radical (unpaired) electrons. The highest BCUT2D eigenvalue weighted by atomic mass is 35.5. The number of halogens is 1. The number of hydrogen-bond donors (Lipinski definition) is 0. The Hall–Kier alpha value is -0.500. The summed E-state index contributed by atoms with van der Waals surface area (Å²) in [5.41, 5.74) is 1.25. The first-order valence-corrected chi connectivity index (χ1v) is 4.30. The van der Waals surface area contributed by atoms with Gasteiger partial charge in [-0.05, 0) is 18.4 Å². The number of hydrogen-bond acceptors (Lipinski definition) is 1. The molecule has 0 saturated carbocycles. The maximum absolute atomic E-state index is 5.69.